The van der Waals surface area contributed by atoms with Crippen molar-refractivity contribution in [3.05, 3.63) is 0 Å². The SMILES string of the molecule is CCCC1(CCC)CN(C2(CN)CCCC2)C1. The summed E-state index contributed by atoms with van der Waals surface area (Å²) in [7, 11) is 0. The van der Waals surface area contributed by atoms with Gasteiger partial charge >= 0.3 is 0 Å². The third kappa shape index (κ3) is 2.39. The molecule has 0 aromatic rings. The van der Waals surface area contributed by atoms with Crippen molar-refractivity contribution in [2.24, 2.45) is 11.1 Å². The Hall–Kier alpha value is -0.0800. The highest BCUT2D eigenvalue weighted by atomic mass is 15.3. The quantitative estimate of drug-likeness (QED) is 0.770. The van der Waals surface area contributed by atoms with E-state index in [0.717, 1.165) is 6.54 Å². The number of rotatable bonds is 6. The van der Waals surface area contributed by atoms with E-state index in [2.05, 4.69) is 18.7 Å². The minimum Gasteiger partial charge on any atom is -0.329 e. The summed E-state index contributed by atoms with van der Waals surface area (Å²) in [4.78, 5) is 2.73. The van der Waals surface area contributed by atoms with E-state index in [-0.39, 0.29) is 0 Å². The first-order valence-electron chi connectivity index (χ1n) is 7.65. The van der Waals surface area contributed by atoms with E-state index < -0.39 is 0 Å². The highest BCUT2D eigenvalue weighted by Gasteiger charge is 2.50. The average molecular weight is 238 g/mol. The van der Waals surface area contributed by atoms with Gasteiger partial charge in [0.1, 0.15) is 0 Å². The van der Waals surface area contributed by atoms with Crippen LogP contribution in [0.25, 0.3) is 0 Å². The fraction of sp³-hybridized carbons (Fsp3) is 1.00. The summed E-state index contributed by atoms with van der Waals surface area (Å²) < 4.78 is 0. The summed E-state index contributed by atoms with van der Waals surface area (Å²) in [6, 6.07) is 0. The predicted molar refractivity (Wildman–Crippen MR) is 74.1 cm³/mol. The molecular weight excluding hydrogens is 208 g/mol. The zero-order chi connectivity index (χ0) is 12.4. The van der Waals surface area contributed by atoms with Crippen LogP contribution in [0.4, 0.5) is 0 Å². The van der Waals surface area contributed by atoms with E-state index in [4.69, 9.17) is 5.73 Å². The third-order valence-corrected chi connectivity index (χ3v) is 5.20. The molecule has 0 spiro atoms. The van der Waals surface area contributed by atoms with Crippen LogP contribution in [0.3, 0.4) is 0 Å². The highest BCUT2D eigenvalue weighted by Crippen LogP contribution is 2.47. The molecule has 1 aliphatic heterocycles. The van der Waals surface area contributed by atoms with Gasteiger partial charge in [-0.2, -0.15) is 0 Å². The lowest BCUT2D eigenvalue weighted by atomic mass is 9.70. The van der Waals surface area contributed by atoms with Gasteiger partial charge in [-0.1, -0.05) is 39.5 Å². The number of nitrogens with two attached hydrogens (primary N) is 1. The molecule has 0 unspecified atom stereocenters. The first-order chi connectivity index (χ1) is 8.20. The van der Waals surface area contributed by atoms with Gasteiger partial charge in [0, 0.05) is 25.2 Å². The second-order valence-corrected chi connectivity index (χ2v) is 6.49. The molecule has 1 saturated heterocycles. The second-order valence-electron chi connectivity index (χ2n) is 6.49. The fourth-order valence-electron chi connectivity index (χ4n) is 4.28. The standard InChI is InChI=1S/C15H30N2/c1-3-7-14(8-4-2)12-17(13-14)15(11-16)9-5-6-10-15/h3-13,16H2,1-2H3. The molecule has 0 aromatic heterocycles. The van der Waals surface area contributed by atoms with E-state index in [1.165, 1.54) is 64.5 Å². The number of hydrogen-bond donors (Lipinski definition) is 1. The lowest BCUT2D eigenvalue weighted by Crippen LogP contribution is -2.66. The largest absolute Gasteiger partial charge is 0.329 e. The van der Waals surface area contributed by atoms with Gasteiger partial charge in [0.2, 0.25) is 0 Å². The Labute approximate surface area is 107 Å². The molecule has 17 heavy (non-hydrogen) atoms. The van der Waals surface area contributed by atoms with Crippen molar-refractivity contribution in [3.8, 4) is 0 Å². The minimum absolute atomic E-state index is 0.394. The van der Waals surface area contributed by atoms with Gasteiger partial charge < -0.3 is 5.73 Å². The van der Waals surface area contributed by atoms with Gasteiger partial charge in [0.15, 0.2) is 0 Å². The van der Waals surface area contributed by atoms with Crippen molar-refractivity contribution < 1.29 is 0 Å². The molecule has 2 heteroatoms. The number of hydrogen-bond acceptors (Lipinski definition) is 2. The summed E-state index contributed by atoms with van der Waals surface area (Å²) >= 11 is 0. The number of nitrogens with zero attached hydrogens (tertiary/aromatic N) is 1. The summed E-state index contributed by atoms with van der Waals surface area (Å²) in [5.41, 5.74) is 7.11. The molecule has 1 saturated carbocycles. The van der Waals surface area contributed by atoms with Crippen molar-refractivity contribution in [1.82, 2.24) is 4.90 Å². The van der Waals surface area contributed by atoms with Gasteiger partial charge in [0.05, 0.1) is 0 Å². The second kappa shape index (κ2) is 5.27. The van der Waals surface area contributed by atoms with Gasteiger partial charge in [-0.05, 0) is 31.1 Å². The van der Waals surface area contributed by atoms with Crippen molar-refractivity contribution in [3.63, 3.8) is 0 Å². The Bertz CT molecular complexity index is 229. The van der Waals surface area contributed by atoms with Crippen LogP contribution < -0.4 is 5.73 Å². The lowest BCUT2D eigenvalue weighted by Gasteiger charge is -2.58. The monoisotopic (exact) mass is 238 g/mol. The van der Waals surface area contributed by atoms with Crippen LogP contribution in [0.15, 0.2) is 0 Å². The molecule has 0 radical (unpaired) electrons. The van der Waals surface area contributed by atoms with Crippen LogP contribution >= 0.6 is 0 Å². The van der Waals surface area contributed by atoms with Crippen LogP contribution in [0.2, 0.25) is 0 Å². The summed E-state index contributed by atoms with van der Waals surface area (Å²) in [6.45, 7) is 8.18. The highest BCUT2D eigenvalue weighted by molar-refractivity contribution is 5.05. The van der Waals surface area contributed by atoms with Gasteiger partial charge in [0.25, 0.3) is 0 Å². The fourth-order valence-corrected chi connectivity index (χ4v) is 4.28. The molecular formula is C15H30N2. The normalized spacial score (nSPS) is 27.0. The lowest BCUT2D eigenvalue weighted by molar-refractivity contribution is -0.0832. The molecule has 0 amide bonds. The molecule has 2 fully saturated rings. The maximum absolute atomic E-state index is 6.07. The van der Waals surface area contributed by atoms with Crippen molar-refractivity contribution in [1.29, 1.82) is 0 Å². The summed E-state index contributed by atoms with van der Waals surface area (Å²) in [6.07, 6.45) is 11.0. The predicted octanol–water partition coefficient (Wildman–Crippen LogP) is 3.16. The Kier molecular flexibility index (Phi) is 4.14. The minimum atomic E-state index is 0.394. The van der Waals surface area contributed by atoms with E-state index in [1.807, 2.05) is 0 Å². The molecule has 100 valence electrons. The van der Waals surface area contributed by atoms with Crippen molar-refractivity contribution in [2.45, 2.75) is 70.8 Å². The Morgan fingerprint density at radius 2 is 1.53 bits per heavy atom. The summed E-state index contributed by atoms with van der Waals surface area (Å²) in [5, 5.41) is 0. The molecule has 2 N–H and O–H groups in total. The molecule has 2 nitrogen and oxygen atoms in total. The maximum Gasteiger partial charge on any atom is 0.0332 e. The molecule has 1 aliphatic carbocycles. The summed E-state index contributed by atoms with van der Waals surface area (Å²) in [5.74, 6) is 0. The van der Waals surface area contributed by atoms with Crippen LogP contribution in [-0.2, 0) is 0 Å². The van der Waals surface area contributed by atoms with Crippen LogP contribution in [0.1, 0.15) is 65.2 Å². The van der Waals surface area contributed by atoms with Gasteiger partial charge in [-0.25, -0.2) is 0 Å². The van der Waals surface area contributed by atoms with Crippen LogP contribution in [0, 0.1) is 5.41 Å². The van der Waals surface area contributed by atoms with E-state index in [9.17, 15) is 0 Å². The molecule has 2 rings (SSSR count). The number of likely N-dealkylation sites (tertiary alicyclic amines) is 1. The third-order valence-electron chi connectivity index (χ3n) is 5.20. The topological polar surface area (TPSA) is 29.3 Å². The molecule has 0 aromatic carbocycles. The van der Waals surface area contributed by atoms with Crippen molar-refractivity contribution >= 4 is 0 Å². The zero-order valence-electron chi connectivity index (χ0n) is 11.8. The Morgan fingerprint density at radius 1 is 1.00 bits per heavy atom. The Morgan fingerprint density at radius 3 is 1.94 bits per heavy atom. The smallest absolute Gasteiger partial charge is 0.0332 e. The Balaban J connectivity index is 1.95. The van der Waals surface area contributed by atoms with Gasteiger partial charge in [-0.15, -0.1) is 0 Å². The van der Waals surface area contributed by atoms with Crippen molar-refractivity contribution in [2.75, 3.05) is 19.6 Å². The molecule has 2 aliphatic rings. The van der Waals surface area contributed by atoms with E-state index in [1.54, 1.807) is 0 Å². The molecule has 1 heterocycles. The van der Waals surface area contributed by atoms with E-state index in [0.29, 0.717) is 11.0 Å². The van der Waals surface area contributed by atoms with Crippen LogP contribution in [-0.4, -0.2) is 30.1 Å². The first kappa shape index (κ1) is 13.4. The van der Waals surface area contributed by atoms with Gasteiger partial charge in [-0.3, -0.25) is 4.90 Å². The first-order valence-corrected chi connectivity index (χ1v) is 7.65. The zero-order valence-corrected chi connectivity index (χ0v) is 11.8. The van der Waals surface area contributed by atoms with E-state index >= 15 is 0 Å². The average Bonchev–Trinajstić information content (AvgIpc) is 2.75. The molecule has 0 bridgehead atoms. The van der Waals surface area contributed by atoms with Crippen LogP contribution in [0.5, 0.6) is 0 Å². The maximum atomic E-state index is 6.07. The molecule has 0 atom stereocenters.